The monoisotopic (exact) mass is 396 g/mol. The van der Waals surface area contributed by atoms with Crippen molar-refractivity contribution < 1.29 is 23.8 Å². The number of anilines is 1. The molecule has 0 spiro atoms. The van der Waals surface area contributed by atoms with Crippen LogP contribution >= 0.6 is 0 Å². The second kappa shape index (κ2) is 8.26. The van der Waals surface area contributed by atoms with E-state index in [4.69, 9.17) is 14.2 Å². The molecule has 2 N–H and O–H groups in total. The fourth-order valence-corrected chi connectivity index (χ4v) is 3.02. The molecule has 0 aliphatic heterocycles. The van der Waals surface area contributed by atoms with Crippen LogP contribution in [-0.2, 0) is 9.53 Å². The maximum absolute atomic E-state index is 12.5. The number of methoxy groups -OCH3 is 2. The smallest absolute Gasteiger partial charge is 0.338 e. The second-order valence-corrected chi connectivity index (χ2v) is 6.74. The Morgan fingerprint density at radius 1 is 1.03 bits per heavy atom. The summed E-state index contributed by atoms with van der Waals surface area (Å²) in [6.07, 6.45) is -0.997. The maximum Gasteiger partial charge on any atom is 0.338 e. The Bertz CT molecular complexity index is 1070. The van der Waals surface area contributed by atoms with Gasteiger partial charge in [-0.25, -0.2) is 4.79 Å². The van der Waals surface area contributed by atoms with Gasteiger partial charge in [0, 0.05) is 22.7 Å². The zero-order valence-corrected chi connectivity index (χ0v) is 17.1. The summed E-state index contributed by atoms with van der Waals surface area (Å²) < 4.78 is 15.8. The molecule has 3 aromatic rings. The number of amides is 1. The first kappa shape index (κ1) is 20.3. The lowest BCUT2D eigenvalue weighted by atomic mass is 10.1. The van der Waals surface area contributed by atoms with E-state index < -0.39 is 18.0 Å². The summed E-state index contributed by atoms with van der Waals surface area (Å²) in [5.74, 6) is 0.00251. The normalized spacial score (nSPS) is 11.8. The summed E-state index contributed by atoms with van der Waals surface area (Å²) in [6.45, 7) is 5.48. The lowest BCUT2D eigenvalue weighted by molar-refractivity contribution is -0.123. The molecule has 0 saturated heterocycles. The van der Waals surface area contributed by atoms with Crippen molar-refractivity contribution in [2.75, 3.05) is 19.5 Å². The van der Waals surface area contributed by atoms with Gasteiger partial charge in [0.05, 0.1) is 25.5 Å². The van der Waals surface area contributed by atoms with Crippen LogP contribution in [0, 0.1) is 13.8 Å². The molecule has 0 radical (unpaired) electrons. The standard InChI is InChI=1S/C22H24N2O5/c1-12-13(2)23-18-8-6-15(10-17(12)18)22(26)29-14(3)21(25)24-19-11-16(27-4)7-9-20(19)28-5/h6-11,14,23H,1-5H3,(H,24,25)/t14-/m0/s1. The minimum absolute atomic E-state index is 0.387. The number of carbonyl (C=O) groups is 2. The first-order valence-electron chi connectivity index (χ1n) is 9.16. The summed E-state index contributed by atoms with van der Waals surface area (Å²) in [6, 6.07) is 10.3. The van der Waals surface area contributed by atoms with Crippen LogP contribution in [0.25, 0.3) is 10.9 Å². The molecule has 0 bridgehead atoms. The Balaban J connectivity index is 1.72. The van der Waals surface area contributed by atoms with Crippen molar-refractivity contribution in [2.24, 2.45) is 0 Å². The molecule has 1 heterocycles. The molecule has 0 fully saturated rings. The highest BCUT2D eigenvalue weighted by atomic mass is 16.5. The number of aryl methyl sites for hydroxylation is 2. The van der Waals surface area contributed by atoms with Crippen LogP contribution in [0.3, 0.4) is 0 Å². The van der Waals surface area contributed by atoms with Crippen molar-refractivity contribution in [1.29, 1.82) is 0 Å². The summed E-state index contributed by atoms with van der Waals surface area (Å²) in [7, 11) is 3.03. The van der Waals surface area contributed by atoms with Gasteiger partial charge in [0.25, 0.3) is 5.91 Å². The van der Waals surface area contributed by atoms with Gasteiger partial charge in [-0.3, -0.25) is 4.79 Å². The lowest BCUT2D eigenvalue weighted by Crippen LogP contribution is -2.30. The SMILES string of the molecule is COc1ccc(OC)c(NC(=O)[C@H](C)OC(=O)c2ccc3[nH]c(C)c(C)c3c2)c1. The first-order valence-corrected chi connectivity index (χ1v) is 9.16. The van der Waals surface area contributed by atoms with E-state index in [-0.39, 0.29) is 0 Å². The van der Waals surface area contributed by atoms with Gasteiger partial charge in [-0.1, -0.05) is 0 Å². The third-order valence-electron chi connectivity index (χ3n) is 4.86. The fraction of sp³-hybridized carbons (Fsp3) is 0.273. The van der Waals surface area contributed by atoms with Crippen LogP contribution in [-0.4, -0.2) is 37.2 Å². The van der Waals surface area contributed by atoms with E-state index >= 15 is 0 Å². The van der Waals surface area contributed by atoms with Gasteiger partial charge in [0.15, 0.2) is 6.10 Å². The first-order chi connectivity index (χ1) is 13.8. The highest BCUT2D eigenvalue weighted by Gasteiger charge is 2.21. The number of H-pyrrole nitrogens is 1. The number of aromatic amines is 1. The molecule has 0 saturated carbocycles. The molecule has 0 aliphatic carbocycles. The van der Waals surface area contributed by atoms with E-state index in [1.54, 1.807) is 30.3 Å². The Morgan fingerprint density at radius 3 is 2.48 bits per heavy atom. The lowest BCUT2D eigenvalue weighted by Gasteiger charge is -2.16. The molecule has 0 aliphatic rings. The number of nitrogens with one attached hydrogen (secondary N) is 2. The molecule has 2 aromatic carbocycles. The van der Waals surface area contributed by atoms with Crippen LogP contribution in [0.4, 0.5) is 5.69 Å². The quantitative estimate of drug-likeness (QED) is 0.615. The molecular formula is C22H24N2O5. The van der Waals surface area contributed by atoms with Crippen LogP contribution < -0.4 is 14.8 Å². The van der Waals surface area contributed by atoms with Crippen molar-refractivity contribution >= 4 is 28.5 Å². The van der Waals surface area contributed by atoms with E-state index in [1.165, 1.54) is 21.1 Å². The topological polar surface area (TPSA) is 89.7 Å². The van der Waals surface area contributed by atoms with Gasteiger partial charge >= 0.3 is 5.97 Å². The number of ether oxygens (including phenoxy) is 3. The van der Waals surface area contributed by atoms with Gasteiger partial charge in [0.1, 0.15) is 11.5 Å². The van der Waals surface area contributed by atoms with Crippen molar-refractivity contribution in [2.45, 2.75) is 26.9 Å². The van der Waals surface area contributed by atoms with Crippen molar-refractivity contribution in [1.82, 2.24) is 4.98 Å². The van der Waals surface area contributed by atoms with Crippen LogP contribution in [0.5, 0.6) is 11.5 Å². The van der Waals surface area contributed by atoms with Crippen molar-refractivity contribution in [3.8, 4) is 11.5 Å². The Hall–Kier alpha value is -3.48. The van der Waals surface area contributed by atoms with E-state index in [9.17, 15) is 9.59 Å². The minimum Gasteiger partial charge on any atom is -0.497 e. The molecule has 3 rings (SSSR count). The summed E-state index contributed by atoms with van der Waals surface area (Å²) in [4.78, 5) is 28.3. The van der Waals surface area contributed by atoms with E-state index in [0.717, 1.165) is 22.2 Å². The number of hydrogen-bond acceptors (Lipinski definition) is 5. The van der Waals surface area contributed by atoms with E-state index in [1.807, 2.05) is 19.9 Å². The second-order valence-electron chi connectivity index (χ2n) is 6.74. The van der Waals surface area contributed by atoms with Crippen LogP contribution in [0.1, 0.15) is 28.5 Å². The van der Waals surface area contributed by atoms with E-state index in [2.05, 4.69) is 10.3 Å². The number of hydrogen-bond donors (Lipinski definition) is 2. The Kier molecular flexibility index (Phi) is 5.77. The number of fused-ring (bicyclic) bond motifs is 1. The molecule has 1 amide bonds. The number of benzene rings is 2. The molecule has 152 valence electrons. The number of aromatic nitrogens is 1. The number of esters is 1. The zero-order chi connectivity index (χ0) is 21.1. The Morgan fingerprint density at radius 2 is 1.79 bits per heavy atom. The van der Waals surface area contributed by atoms with E-state index in [0.29, 0.717) is 22.7 Å². The molecule has 1 aromatic heterocycles. The van der Waals surface area contributed by atoms with Gasteiger partial charge in [-0.05, 0) is 56.7 Å². The summed E-state index contributed by atoms with van der Waals surface area (Å²) in [5.41, 5.74) is 3.89. The van der Waals surface area contributed by atoms with Crippen LogP contribution in [0.2, 0.25) is 0 Å². The molecule has 29 heavy (non-hydrogen) atoms. The highest BCUT2D eigenvalue weighted by molar-refractivity contribution is 6.00. The summed E-state index contributed by atoms with van der Waals surface area (Å²) in [5, 5.41) is 3.66. The maximum atomic E-state index is 12.5. The number of rotatable bonds is 6. The minimum atomic E-state index is -0.997. The van der Waals surface area contributed by atoms with Gasteiger partial charge < -0.3 is 24.5 Å². The Labute approximate surface area is 169 Å². The average Bonchev–Trinajstić information content (AvgIpc) is 3.01. The highest BCUT2D eigenvalue weighted by Crippen LogP contribution is 2.29. The van der Waals surface area contributed by atoms with Crippen molar-refractivity contribution in [3.05, 3.63) is 53.2 Å². The molecule has 1 atom stereocenters. The van der Waals surface area contributed by atoms with Gasteiger partial charge in [-0.15, -0.1) is 0 Å². The van der Waals surface area contributed by atoms with Gasteiger partial charge in [-0.2, -0.15) is 0 Å². The van der Waals surface area contributed by atoms with Crippen LogP contribution in [0.15, 0.2) is 36.4 Å². The van der Waals surface area contributed by atoms with Gasteiger partial charge in [0.2, 0.25) is 0 Å². The predicted octanol–water partition coefficient (Wildman–Crippen LogP) is 3.99. The predicted molar refractivity (Wildman–Crippen MR) is 111 cm³/mol. The molecular weight excluding hydrogens is 372 g/mol. The molecule has 7 nitrogen and oxygen atoms in total. The third kappa shape index (κ3) is 4.18. The summed E-state index contributed by atoms with van der Waals surface area (Å²) >= 11 is 0. The zero-order valence-electron chi connectivity index (χ0n) is 17.1. The average molecular weight is 396 g/mol. The largest absolute Gasteiger partial charge is 0.497 e. The molecule has 7 heteroatoms. The number of carbonyl (C=O) groups excluding carboxylic acids is 2. The molecule has 0 unspecified atom stereocenters. The fourth-order valence-electron chi connectivity index (χ4n) is 3.02. The third-order valence-corrected chi connectivity index (χ3v) is 4.86. The van der Waals surface area contributed by atoms with Crippen molar-refractivity contribution in [3.63, 3.8) is 0 Å².